The van der Waals surface area contributed by atoms with Gasteiger partial charge >= 0.3 is 0 Å². The lowest BCUT2D eigenvalue weighted by atomic mass is 9.87. The van der Waals surface area contributed by atoms with Crippen LogP contribution in [0.15, 0.2) is 72.9 Å². The van der Waals surface area contributed by atoms with E-state index in [0.717, 1.165) is 0 Å². The number of nitrogens with zero attached hydrogens (tertiary/aromatic N) is 2. The van der Waals surface area contributed by atoms with Crippen LogP contribution in [0.1, 0.15) is 29.4 Å². The van der Waals surface area contributed by atoms with Crippen LogP contribution >= 0.6 is 0 Å². The monoisotopic (exact) mass is 478 g/mol. The number of H-pyrrole nitrogens is 1. The zero-order chi connectivity index (χ0) is 25.0. The molecular weight excluding hydrogens is 454 g/mol. The lowest BCUT2D eigenvalue weighted by molar-refractivity contribution is -0.0272. The Balaban J connectivity index is 1.67. The predicted molar refractivity (Wildman–Crippen MR) is 126 cm³/mol. The molecular formula is C26H24F2N4O3. The van der Waals surface area contributed by atoms with E-state index in [0.29, 0.717) is 17.0 Å². The van der Waals surface area contributed by atoms with Crippen LogP contribution in [0.25, 0.3) is 22.5 Å². The highest BCUT2D eigenvalue weighted by molar-refractivity contribution is 6.01. The highest BCUT2D eigenvalue weighted by Gasteiger charge is 2.39. The Kier molecular flexibility index (Phi) is 6.99. The molecule has 0 aliphatic heterocycles. The number of halogens is 2. The molecule has 0 spiro atoms. The number of nitrogens with one attached hydrogen (secondary N) is 2. The van der Waals surface area contributed by atoms with Gasteiger partial charge in [-0.2, -0.15) is 5.10 Å². The molecule has 0 fully saturated rings. The number of aliphatic hydroxyl groups excluding tert-OH is 1. The van der Waals surface area contributed by atoms with E-state index in [1.165, 1.54) is 36.5 Å². The van der Waals surface area contributed by atoms with Gasteiger partial charge in [0.05, 0.1) is 35.3 Å². The average Bonchev–Trinajstić information content (AvgIpc) is 3.37. The van der Waals surface area contributed by atoms with E-state index in [1.54, 1.807) is 43.3 Å². The van der Waals surface area contributed by atoms with Crippen LogP contribution in [0, 0.1) is 11.6 Å². The van der Waals surface area contributed by atoms with E-state index < -0.39 is 35.8 Å². The van der Waals surface area contributed by atoms with Gasteiger partial charge in [0, 0.05) is 17.3 Å². The molecule has 1 unspecified atom stereocenters. The second kappa shape index (κ2) is 10.1. The fraction of sp³-hybridized carbons (Fsp3) is 0.192. The molecule has 2 aromatic carbocycles. The Morgan fingerprint density at radius 1 is 1.11 bits per heavy atom. The van der Waals surface area contributed by atoms with Crippen molar-refractivity contribution in [3.05, 3.63) is 95.8 Å². The molecule has 2 aromatic heterocycles. The quantitative estimate of drug-likeness (QED) is 0.308. The minimum Gasteiger partial charge on any atom is -0.394 e. The molecule has 2 heterocycles. The summed E-state index contributed by atoms with van der Waals surface area (Å²) in [4.78, 5) is 17.4. The topological polar surface area (TPSA) is 111 Å². The Hall–Kier alpha value is -3.95. The number of aromatic amines is 1. The molecule has 0 saturated carbocycles. The van der Waals surface area contributed by atoms with Crippen LogP contribution in [-0.4, -0.2) is 44.0 Å². The maximum atomic E-state index is 15.0. The van der Waals surface area contributed by atoms with Crippen LogP contribution in [-0.2, 0) is 5.60 Å². The van der Waals surface area contributed by atoms with Crippen LogP contribution < -0.4 is 5.32 Å². The molecule has 4 N–H and O–H groups in total. The number of carbonyl (C=O) groups is 1. The number of rotatable bonds is 8. The van der Waals surface area contributed by atoms with E-state index in [9.17, 15) is 23.8 Å². The van der Waals surface area contributed by atoms with Gasteiger partial charge in [-0.15, -0.1) is 0 Å². The van der Waals surface area contributed by atoms with E-state index in [1.807, 2.05) is 0 Å². The van der Waals surface area contributed by atoms with Gasteiger partial charge in [0.15, 0.2) is 0 Å². The predicted octanol–water partition coefficient (Wildman–Crippen LogP) is 3.81. The summed E-state index contributed by atoms with van der Waals surface area (Å²) in [6, 6.07) is 15.1. The Labute approximate surface area is 200 Å². The smallest absolute Gasteiger partial charge is 0.252 e. The van der Waals surface area contributed by atoms with E-state index >= 15 is 0 Å². The minimum atomic E-state index is -1.65. The molecule has 35 heavy (non-hydrogen) atoms. The third kappa shape index (κ3) is 4.82. The molecule has 0 saturated heterocycles. The molecule has 7 nitrogen and oxygen atoms in total. The zero-order valence-corrected chi connectivity index (χ0v) is 18.9. The molecule has 1 amide bonds. The molecule has 180 valence electrons. The van der Waals surface area contributed by atoms with Crippen molar-refractivity contribution >= 4 is 5.91 Å². The van der Waals surface area contributed by atoms with Gasteiger partial charge in [0.2, 0.25) is 0 Å². The highest BCUT2D eigenvalue weighted by atomic mass is 19.1. The van der Waals surface area contributed by atoms with Gasteiger partial charge in [-0.3, -0.25) is 14.9 Å². The number of aliphatic hydroxyl groups is 2. The third-order valence-electron chi connectivity index (χ3n) is 5.96. The highest BCUT2D eigenvalue weighted by Crippen LogP contribution is 2.31. The van der Waals surface area contributed by atoms with Gasteiger partial charge in [-0.05, 0) is 61.0 Å². The van der Waals surface area contributed by atoms with Gasteiger partial charge in [-0.1, -0.05) is 19.1 Å². The summed E-state index contributed by atoms with van der Waals surface area (Å²) in [6.07, 6.45) is 1.67. The van der Waals surface area contributed by atoms with Crippen LogP contribution in [0.5, 0.6) is 0 Å². The first-order valence-electron chi connectivity index (χ1n) is 11.0. The van der Waals surface area contributed by atoms with Gasteiger partial charge in [0.1, 0.15) is 17.2 Å². The van der Waals surface area contributed by atoms with Crippen molar-refractivity contribution < 1.29 is 23.8 Å². The van der Waals surface area contributed by atoms with Crippen molar-refractivity contribution in [1.29, 1.82) is 0 Å². The summed E-state index contributed by atoms with van der Waals surface area (Å²) in [5.41, 5.74) is -0.110. The largest absolute Gasteiger partial charge is 0.394 e. The molecule has 4 aromatic rings. The summed E-state index contributed by atoms with van der Waals surface area (Å²) >= 11 is 0. The molecule has 0 radical (unpaired) electrons. The van der Waals surface area contributed by atoms with Crippen LogP contribution in [0.3, 0.4) is 0 Å². The van der Waals surface area contributed by atoms with Crippen molar-refractivity contribution in [2.45, 2.75) is 25.0 Å². The van der Waals surface area contributed by atoms with Crippen molar-refractivity contribution in [2.24, 2.45) is 0 Å². The maximum absolute atomic E-state index is 15.0. The zero-order valence-electron chi connectivity index (χ0n) is 18.9. The number of carbonyl (C=O) groups excluding carboxylic acids is 1. The summed E-state index contributed by atoms with van der Waals surface area (Å²) < 4.78 is 28.2. The standard InChI is InChI=1S/C26H24F2N4O3/c1-2-26(35,22-8-3-4-13-29-22)23(15-33)30-25(34)18-6-5-7-19(28)24(18)21-14-20(31-32-21)16-9-11-17(27)12-10-16/h3-14,23,33,35H,2,15H2,1H3,(H,30,34)(H,31,32)/t23-,26?/m0/s1. The minimum absolute atomic E-state index is 0.0165. The normalized spacial score (nSPS) is 13.7. The third-order valence-corrected chi connectivity index (χ3v) is 5.96. The second-order valence-electron chi connectivity index (χ2n) is 8.04. The fourth-order valence-corrected chi connectivity index (χ4v) is 3.98. The van der Waals surface area contributed by atoms with Crippen molar-refractivity contribution in [3.8, 4) is 22.5 Å². The first-order valence-corrected chi connectivity index (χ1v) is 11.0. The number of hydrogen-bond donors (Lipinski definition) is 4. The van der Waals surface area contributed by atoms with E-state index in [2.05, 4.69) is 20.5 Å². The first kappa shape index (κ1) is 24.2. The number of pyridine rings is 1. The molecule has 0 bridgehead atoms. The molecule has 0 aliphatic carbocycles. The SMILES string of the molecule is CCC(O)(c1ccccn1)[C@H](CO)NC(=O)c1cccc(F)c1-c1cc(-c2ccc(F)cc2)n[nH]1. The van der Waals surface area contributed by atoms with Crippen LogP contribution in [0.2, 0.25) is 0 Å². The van der Waals surface area contributed by atoms with Crippen molar-refractivity contribution in [3.63, 3.8) is 0 Å². The molecule has 0 aliphatic rings. The lowest BCUT2D eigenvalue weighted by Crippen LogP contribution is -2.53. The Morgan fingerprint density at radius 2 is 1.89 bits per heavy atom. The van der Waals surface area contributed by atoms with Gasteiger partial charge in [0.25, 0.3) is 5.91 Å². The van der Waals surface area contributed by atoms with Crippen molar-refractivity contribution in [1.82, 2.24) is 20.5 Å². The van der Waals surface area contributed by atoms with Gasteiger partial charge in [-0.25, -0.2) is 8.78 Å². The number of hydrogen-bond acceptors (Lipinski definition) is 5. The van der Waals surface area contributed by atoms with E-state index in [4.69, 9.17) is 0 Å². The number of benzene rings is 2. The molecule has 2 atom stereocenters. The fourth-order valence-electron chi connectivity index (χ4n) is 3.98. The average molecular weight is 478 g/mol. The van der Waals surface area contributed by atoms with Crippen LogP contribution in [0.4, 0.5) is 8.78 Å². The Morgan fingerprint density at radius 3 is 2.54 bits per heavy atom. The number of aromatic nitrogens is 3. The summed E-state index contributed by atoms with van der Waals surface area (Å²) in [7, 11) is 0. The summed E-state index contributed by atoms with van der Waals surface area (Å²) in [6.45, 7) is 1.13. The summed E-state index contributed by atoms with van der Waals surface area (Å²) in [5, 5.41) is 30.8. The molecule has 9 heteroatoms. The van der Waals surface area contributed by atoms with Crippen molar-refractivity contribution in [2.75, 3.05) is 6.61 Å². The van der Waals surface area contributed by atoms with Gasteiger partial charge < -0.3 is 15.5 Å². The Bertz CT molecular complexity index is 1310. The first-order chi connectivity index (χ1) is 16.9. The lowest BCUT2D eigenvalue weighted by Gasteiger charge is -2.34. The second-order valence-corrected chi connectivity index (χ2v) is 8.04. The van der Waals surface area contributed by atoms with E-state index in [-0.39, 0.29) is 23.2 Å². The summed E-state index contributed by atoms with van der Waals surface area (Å²) in [5.74, 6) is -1.75. The molecule has 4 rings (SSSR count). The number of amides is 1. The maximum Gasteiger partial charge on any atom is 0.252 e.